The zero-order valence-corrected chi connectivity index (χ0v) is 11.3. The summed E-state index contributed by atoms with van der Waals surface area (Å²) in [6, 6.07) is 6.70. The molecule has 6 nitrogen and oxygen atoms in total. The number of fused-ring (bicyclic) bond motifs is 1. The molecule has 0 aromatic heterocycles. The number of hydrogen-bond acceptors (Lipinski definition) is 5. The van der Waals surface area contributed by atoms with Crippen molar-refractivity contribution in [3.8, 4) is 0 Å². The number of aliphatic hydroxyl groups excluding tert-OH is 2. The third kappa shape index (κ3) is 2.32. The molecule has 2 N–H and O–H groups in total. The summed E-state index contributed by atoms with van der Waals surface area (Å²) in [6.07, 6.45) is 2.44. The molecule has 2 aliphatic rings. The van der Waals surface area contributed by atoms with Gasteiger partial charge < -0.3 is 15.1 Å². The molecule has 0 unspecified atom stereocenters. The highest BCUT2D eigenvalue weighted by Gasteiger charge is 2.34. The molecular weight excluding hydrogens is 272 g/mol. The lowest BCUT2D eigenvalue weighted by Crippen LogP contribution is -2.25. The quantitative estimate of drug-likeness (QED) is 0.768. The Kier molecular flexibility index (Phi) is 3.48. The van der Waals surface area contributed by atoms with E-state index in [0.717, 1.165) is 4.90 Å². The van der Waals surface area contributed by atoms with Gasteiger partial charge in [0.25, 0.3) is 11.8 Å². The maximum Gasteiger partial charge on any atom is 0.265 e. The Morgan fingerprint density at radius 2 is 1.71 bits per heavy atom. The molecule has 2 atom stereocenters. The van der Waals surface area contributed by atoms with Crippen LogP contribution in [0.2, 0.25) is 0 Å². The minimum absolute atomic E-state index is 0.0848. The van der Waals surface area contributed by atoms with E-state index in [1.54, 1.807) is 35.4 Å². The summed E-state index contributed by atoms with van der Waals surface area (Å²) in [5.41, 5.74) is 0.809. The molecule has 2 heterocycles. The minimum atomic E-state index is -0.596. The van der Waals surface area contributed by atoms with Gasteiger partial charge in [0.05, 0.1) is 23.8 Å². The van der Waals surface area contributed by atoms with Crippen molar-refractivity contribution in [2.75, 3.05) is 19.7 Å². The Bertz CT molecular complexity index is 578. The van der Waals surface area contributed by atoms with Crippen LogP contribution in [0.15, 0.2) is 36.7 Å². The number of amides is 2. The number of aliphatic hydroxyl groups is 2. The van der Waals surface area contributed by atoms with Crippen LogP contribution in [-0.2, 0) is 0 Å². The van der Waals surface area contributed by atoms with Gasteiger partial charge in [-0.3, -0.25) is 9.59 Å². The summed E-state index contributed by atoms with van der Waals surface area (Å²) in [5.74, 6) is -0.882. The summed E-state index contributed by atoms with van der Waals surface area (Å²) in [7, 11) is 0. The predicted octanol–water partition coefficient (Wildman–Crippen LogP) is 0.0388. The van der Waals surface area contributed by atoms with E-state index < -0.39 is 6.10 Å². The molecule has 1 aromatic carbocycles. The molecule has 0 aliphatic carbocycles. The van der Waals surface area contributed by atoms with Crippen LogP contribution >= 0.6 is 0 Å². The number of imide groups is 1. The zero-order chi connectivity index (χ0) is 15.0. The van der Waals surface area contributed by atoms with E-state index in [1.807, 2.05) is 0 Å². The number of carbonyl (C=O) groups excluding carboxylic acids is 2. The van der Waals surface area contributed by atoms with E-state index in [9.17, 15) is 14.7 Å². The molecule has 0 saturated carbocycles. The molecule has 2 amide bonds. The fourth-order valence-electron chi connectivity index (χ4n) is 2.69. The Morgan fingerprint density at radius 3 is 2.24 bits per heavy atom. The van der Waals surface area contributed by atoms with Crippen LogP contribution in [0.5, 0.6) is 0 Å². The van der Waals surface area contributed by atoms with Gasteiger partial charge in [-0.2, -0.15) is 0 Å². The van der Waals surface area contributed by atoms with Gasteiger partial charge in [0.2, 0.25) is 0 Å². The van der Waals surface area contributed by atoms with Crippen molar-refractivity contribution in [1.82, 2.24) is 9.80 Å². The lowest BCUT2D eigenvalue weighted by Gasteiger charge is -2.14. The number of β-amino-alcohol motifs (C(OH)–C–C–N with tert-alkyl or cyclic N) is 1. The second-order valence-electron chi connectivity index (χ2n) is 5.29. The van der Waals surface area contributed by atoms with Gasteiger partial charge in [0.15, 0.2) is 0 Å². The monoisotopic (exact) mass is 288 g/mol. The highest BCUT2D eigenvalue weighted by molar-refractivity contribution is 6.22. The van der Waals surface area contributed by atoms with E-state index in [4.69, 9.17) is 5.11 Å². The Labute approximate surface area is 121 Å². The molecular formula is C15H16N2O4. The third-order valence-electron chi connectivity index (χ3n) is 3.92. The van der Waals surface area contributed by atoms with Gasteiger partial charge in [-0.15, -0.1) is 0 Å². The second kappa shape index (κ2) is 5.31. The van der Waals surface area contributed by atoms with Crippen molar-refractivity contribution in [2.45, 2.75) is 6.10 Å². The first-order chi connectivity index (χ1) is 10.1. The molecule has 21 heavy (non-hydrogen) atoms. The molecule has 0 radical (unpaired) electrons. The molecule has 1 fully saturated rings. The standard InChI is InChI=1S/C15H16N2O4/c18-9-10-7-16(8-13(10)19)5-6-17-14(20)11-3-1-2-4-12(11)15(17)21/h1-6,10,13,18-19H,7-9H2/b6-5-/t10-,13-/m0/s1. The van der Waals surface area contributed by atoms with Gasteiger partial charge in [0.1, 0.15) is 0 Å². The van der Waals surface area contributed by atoms with Crippen LogP contribution in [0.25, 0.3) is 0 Å². The van der Waals surface area contributed by atoms with Crippen LogP contribution in [0.1, 0.15) is 20.7 Å². The van der Waals surface area contributed by atoms with Crippen LogP contribution in [-0.4, -0.2) is 57.6 Å². The highest BCUT2D eigenvalue weighted by Crippen LogP contribution is 2.23. The number of hydrogen-bond donors (Lipinski definition) is 2. The van der Waals surface area contributed by atoms with Crippen molar-refractivity contribution >= 4 is 11.8 Å². The van der Waals surface area contributed by atoms with E-state index in [2.05, 4.69) is 0 Å². The fraction of sp³-hybridized carbons (Fsp3) is 0.333. The maximum absolute atomic E-state index is 12.1. The van der Waals surface area contributed by atoms with Gasteiger partial charge in [-0.25, -0.2) is 4.90 Å². The molecule has 0 bridgehead atoms. The number of rotatable bonds is 3. The van der Waals surface area contributed by atoms with E-state index in [1.165, 1.54) is 6.20 Å². The first-order valence-electron chi connectivity index (χ1n) is 6.80. The first kappa shape index (κ1) is 13.8. The molecule has 1 saturated heterocycles. The fourth-order valence-corrected chi connectivity index (χ4v) is 2.69. The van der Waals surface area contributed by atoms with Gasteiger partial charge >= 0.3 is 0 Å². The number of carbonyl (C=O) groups is 2. The molecule has 6 heteroatoms. The van der Waals surface area contributed by atoms with Crippen LogP contribution in [0, 0.1) is 5.92 Å². The first-order valence-corrected chi connectivity index (χ1v) is 6.80. The summed E-state index contributed by atoms with van der Waals surface area (Å²) >= 11 is 0. The highest BCUT2D eigenvalue weighted by atomic mass is 16.3. The lowest BCUT2D eigenvalue weighted by atomic mass is 10.1. The summed E-state index contributed by atoms with van der Waals surface area (Å²) in [5, 5.41) is 18.8. The Balaban J connectivity index is 1.74. The summed E-state index contributed by atoms with van der Waals surface area (Å²) < 4.78 is 0. The van der Waals surface area contributed by atoms with Crippen molar-refractivity contribution < 1.29 is 19.8 Å². The van der Waals surface area contributed by atoms with E-state index >= 15 is 0 Å². The molecule has 110 valence electrons. The predicted molar refractivity (Wildman–Crippen MR) is 74.2 cm³/mol. The minimum Gasteiger partial charge on any atom is -0.396 e. The van der Waals surface area contributed by atoms with Gasteiger partial charge in [-0.1, -0.05) is 12.1 Å². The normalized spacial score (nSPS) is 25.2. The maximum atomic E-state index is 12.1. The molecule has 0 spiro atoms. The smallest absolute Gasteiger partial charge is 0.265 e. The Morgan fingerprint density at radius 1 is 1.10 bits per heavy atom. The van der Waals surface area contributed by atoms with Crippen molar-refractivity contribution in [1.29, 1.82) is 0 Å². The number of likely N-dealkylation sites (tertiary alicyclic amines) is 1. The molecule has 2 aliphatic heterocycles. The van der Waals surface area contributed by atoms with Gasteiger partial charge in [0, 0.05) is 31.4 Å². The average molecular weight is 288 g/mol. The number of nitrogens with zero attached hydrogens (tertiary/aromatic N) is 2. The van der Waals surface area contributed by atoms with Crippen LogP contribution < -0.4 is 0 Å². The van der Waals surface area contributed by atoms with Crippen molar-refractivity contribution in [3.63, 3.8) is 0 Å². The second-order valence-corrected chi connectivity index (χ2v) is 5.29. The van der Waals surface area contributed by atoms with E-state index in [-0.39, 0.29) is 24.3 Å². The van der Waals surface area contributed by atoms with Crippen LogP contribution in [0.4, 0.5) is 0 Å². The van der Waals surface area contributed by atoms with Crippen molar-refractivity contribution in [2.24, 2.45) is 5.92 Å². The van der Waals surface area contributed by atoms with Gasteiger partial charge in [-0.05, 0) is 12.1 Å². The molecule has 3 rings (SSSR count). The summed E-state index contributed by atoms with van der Waals surface area (Å²) in [4.78, 5) is 27.1. The topological polar surface area (TPSA) is 81.1 Å². The average Bonchev–Trinajstić information content (AvgIpc) is 2.97. The van der Waals surface area contributed by atoms with Crippen LogP contribution in [0.3, 0.4) is 0 Å². The largest absolute Gasteiger partial charge is 0.396 e. The third-order valence-corrected chi connectivity index (χ3v) is 3.92. The van der Waals surface area contributed by atoms with E-state index in [0.29, 0.717) is 24.2 Å². The molecule has 1 aromatic rings. The SMILES string of the molecule is O=C1c2ccccc2C(=O)N1/C=C\N1C[C@@H](CO)[C@@H](O)C1. The lowest BCUT2D eigenvalue weighted by molar-refractivity contribution is 0.0719. The van der Waals surface area contributed by atoms with Crippen molar-refractivity contribution in [3.05, 3.63) is 47.8 Å². The number of benzene rings is 1. The zero-order valence-electron chi connectivity index (χ0n) is 11.3. The Hall–Kier alpha value is -2.18. The summed E-state index contributed by atoms with van der Waals surface area (Å²) in [6.45, 7) is 0.792.